The molecule has 0 saturated carbocycles. The molecule has 0 unspecified atom stereocenters. The Morgan fingerprint density at radius 3 is 2.37 bits per heavy atom. The molecule has 3 aromatic rings. The lowest BCUT2D eigenvalue weighted by Crippen LogP contribution is -2.10. The van der Waals surface area contributed by atoms with Gasteiger partial charge in [0.1, 0.15) is 23.7 Å². The second-order valence-electron chi connectivity index (χ2n) is 7.38. The van der Waals surface area contributed by atoms with E-state index in [1.165, 1.54) is 23.0 Å². The average molecular weight is 382 g/mol. The van der Waals surface area contributed by atoms with E-state index in [9.17, 15) is 15.0 Å². The Morgan fingerprint density at radius 1 is 1.11 bits per heavy atom. The van der Waals surface area contributed by atoms with Gasteiger partial charge in [-0.05, 0) is 52.3 Å². The molecule has 0 aliphatic heterocycles. The minimum absolute atomic E-state index is 0.0578. The van der Waals surface area contributed by atoms with Gasteiger partial charge < -0.3 is 14.9 Å². The highest BCUT2D eigenvalue weighted by Gasteiger charge is 2.18. The van der Waals surface area contributed by atoms with E-state index < -0.39 is 5.97 Å². The topological polar surface area (TPSA) is 66.8 Å². The van der Waals surface area contributed by atoms with Gasteiger partial charge in [0.05, 0.1) is 0 Å². The van der Waals surface area contributed by atoms with Crippen LogP contribution in [0.4, 0.5) is 0 Å². The highest BCUT2D eigenvalue weighted by Crippen LogP contribution is 2.33. The van der Waals surface area contributed by atoms with E-state index in [1.54, 1.807) is 6.07 Å². The molecule has 0 spiro atoms. The van der Waals surface area contributed by atoms with Crippen LogP contribution >= 0.6 is 11.3 Å². The fourth-order valence-corrected chi connectivity index (χ4v) is 3.48. The molecule has 3 rings (SSSR count). The average Bonchev–Trinajstić information content (AvgIpc) is 3.15. The van der Waals surface area contributed by atoms with Gasteiger partial charge in [-0.1, -0.05) is 39.0 Å². The van der Waals surface area contributed by atoms with Crippen molar-refractivity contribution in [3.05, 3.63) is 70.6 Å². The van der Waals surface area contributed by atoms with Gasteiger partial charge in [0.15, 0.2) is 0 Å². The van der Waals surface area contributed by atoms with E-state index in [2.05, 4.69) is 20.8 Å². The Kier molecular flexibility index (Phi) is 5.24. The van der Waals surface area contributed by atoms with E-state index in [1.807, 2.05) is 41.8 Å². The summed E-state index contributed by atoms with van der Waals surface area (Å²) < 4.78 is 5.80. The molecule has 0 aliphatic rings. The van der Waals surface area contributed by atoms with Crippen molar-refractivity contribution >= 4 is 17.3 Å². The lowest BCUT2D eigenvalue weighted by Gasteiger charge is -2.19. The lowest BCUT2D eigenvalue weighted by molar-refractivity contribution is 0.0693. The summed E-state index contributed by atoms with van der Waals surface area (Å²) in [5, 5.41) is 21.7. The third kappa shape index (κ3) is 4.31. The molecule has 1 heterocycles. The Bertz CT molecular complexity index is 936. The number of carboxylic acids is 1. The van der Waals surface area contributed by atoms with Crippen LogP contribution in [0.25, 0.3) is 10.4 Å². The number of hydrogen-bond acceptors (Lipinski definition) is 4. The van der Waals surface area contributed by atoms with Crippen molar-refractivity contribution in [3.63, 3.8) is 0 Å². The Morgan fingerprint density at radius 2 is 1.81 bits per heavy atom. The summed E-state index contributed by atoms with van der Waals surface area (Å²) in [6.07, 6.45) is 0. The van der Waals surface area contributed by atoms with Crippen LogP contribution in [-0.4, -0.2) is 16.2 Å². The molecule has 0 aliphatic carbocycles. The first-order chi connectivity index (χ1) is 12.8. The summed E-state index contributed by atoms with van der Waals surface area (Å²) in [7, 11) is 0. The van der Waals surface area contributed by atoms with E-state index in [0.717, 1.165) is 10.4 Å². The maximum atomic E-state index is 11.5. The molecule has 4 nitrogen and oxygen atoms in total. The lowest BCUT2D eigenvalue weighted by atomic mass is 9.87. The largest absolute Gasteiger partial charge is 0.507 e. The molecule has 2 N–H and O–H groups in total. The minimum Gasteiger partial charge on any atom is -0.507 e. The molecule has 0 saturated heterocycles. The number of carboxylic acid groups (broad SMARTS) is 1. The first kappa shape index (κ1) is 19.0. The Balaban J connectivity index is 1.87. The van der Waals surface area contributed by atoms with E-state index in [-0.39, 0.29) is 23.3 Å². The van der Waals surface area contributed by atoms with Gasteiger partial charge in [-0.3, -0.25) is 0 Å². The number of thiophene rings is 1. The zero-order valence-electron chi connectivity index (χ0n) is 15.5. The zero-order chi connectivity index (χ0) is 19.6. The van der Waals surface area contributed by atoms with Gasteiger partial charge in [-0.15, -0.1) is 11.3 Å². The van der Waals surface area contributed by atoms with Crippen molar-refractivity contribution in [2.24, 2.45) is 0 Å². The number of hydrogen-bond donors (Lipinski definition) is 2. The summed E-state index contributed by atoms with van der Waals surface area (Å²) in [6, 6.07) is 14.9. The maximum Gasteiger partial charge on any atom is 0.339 e. The van der Waals surface area contributed by atoms with Crippen molar-refractivity contribution < 1.29 is 19.7 Å². The van der Waals surface area contributed by atoms with Gasteiger partial charge in [-0.25, -0.2) is 4.79 Å². The predicted octanol–water partition coefficient (Wildman–Crippen LogP) is 5.70. The van der Waals surface area contributed by atoms with Crippen LogP contribution in [0.5, 0.6) is 11.5 Å². The van der Waals surface area contributed by atoms with Crippen LogP contribution in [-0.2, 0) is 12.0 Å². The number of benzene rings is 2. The van der Waals surface area contributed by atoms with Crippen LogP contribution in [0.1, 0.15) is 42.3 Å². The van der Waals surface area contributed by atoms with Crippen molar-refractivity contribution in [1.82, 2.24) is 0 Å². The van der Waals surface area contributed by atoms with Crippen molar-refractivity contribution in [3.8, 4) is 21.9 Å². The molecule has 27 heavy (non-hydrogen) atoms. The summed E-state index contributed by atoms with van der Waals surface area (Å²) in [5.74, 6) is -0.753. The molecule has 5 heteroatoms. The van der Waals surface area contributed by atoms with Crippen molar-refractivity contribution in [1.29, 1.82) is 0 Å². The second-order valence-corrected chi connectivity index (χ2v) is 8.32. The van der Waals surface area contributed by atoms with Crippen molar-refractivity contribution in [2.75, 3.05) is 0 Å². The quantitative estimate of drug-likeness (QED) is 0.594. The van der Waals surface area contributed by atoms with E-state index in [0.29, 0.717) is 11.3 Å². The molecular weight excluding hydrogens is 360 g/mol. The monoisotopic (exact) mass is 382 g/mol. The first-order valence-electron chi connectivity index (χ1n) is 8.62. The van der Waals surface area contributed by atoms with Crippen LogP contribution in [0, 0.1) is 0 Å². The Labute approximate surface area is 162 Å². The summed E-state index contributed by atoms with van der Waals surface area (Å²) in [6.45, 7) is 6.51. The first-order valence-corrected chi connectivity index (χ1v) is 9.50. The molecule has 0 bridgehead atoms. The summed E-state index contributed by atoms with van der Waals surface area (Å²) in [5.41, 5.74) is 2.33. The standard InChI is InChI=1S/C22H22O4S/c1-22(2,3)16-6-8-17(9-7-16)26-13-15-11-14(19-5-4-10-27-19)12-18(20(15)23)21(24)25/h4-12,23H,13H2,1-3H3,(H,24,25). The normalized spacial score (nSPS) is 11.4. The highest BCUT2D eigenvalue weighted by atomic mass is 32.1. The summed E-state index contributed by atoms with van der Waals surface area (Å²) in [4.78, 5) is 12.4. The van der Waals surface area contributed by atoms with E-state index in [4.69, 9.17) is 4.74 Å². The van der Waals surface area contributed by atoms with Crippen LogP contribution < -0.4 is 4.74 Å². The number of aromatic hydroxyl groups is 1. The number of phenols is 1. The molecule has 0 amide bonds. The molecular formula is C22H22O4S. The fourth-order valence-electron chi connectivity index (χ4n) is 2.76. The zero-order valence-corrected chi connectivity index (χ0v) is 16.3. The highest BCUT2D eigenvalue weighted by molar-refractivity contribution is 7.13. The molecule has 0 fully saturated rings. The molecule has 1 aromatic heterocycles. The van der Waals surface area contributed by atoms with Gasteiger partial charge in [0.25, 0.3) is 0 Å². The molecule has 2 aromatic carbocycles. The van der Waals surface area contributed by atoms with Gasteiger partial charge in [0, 0.05) is 10.4 Å². The third-order valence-corrected chi connectivity index (χ3v) is 5.26. The van der Waals surface area contributed by atoms with Crippen LogP contribution in [0.15, 0.2) is 53.9 Å². The number of rotatable bonds is 5. The number of aromatic carboxylic acids is 1. The number of carbonyl (C=O) groups is 1. The minimum atomic E-state index is -1.17. The molecule has 140 valence electrons. The molecule has 0 atom stereocenters. The number of ether oxygens (including phenoxy) is 1. The van der Waals surface area contributed by atoms with Crippen LogP contribution in [0.3, 0.4) is 0 Å². The Hall–Kier alpha value is -2.79. The predicted molar refractivity (Wildman–Crippen MR) is 108 cm³/mol. The van der Waals surface area contributed by atoms with Crippen LogP contribution in [0.2, 0.25) is 0 Å². The van der Waals surface area contributed by atoms with E-state index >= 15 is 0 Å². The SMILES string of the molecule is CC(C)(C)c1ccc(OCc2cc(-c3cccs3)cc(C(=O)O)c2O)cc1. The molecule has 0 radical (unpaired) electrons. The smallest absolute Gasteiger partial charge is 0.339 e. The van der Waals surface area contributed by atoms with Crippen molar-refractivity contribution in [2.45, 2.75) is 32.8 Å². The second kappa shape index (κ2) is 7.45. The van der Waals surface area contributed by atoms with Gasteiger partial charge >= 0.3 is 5.97 Å². The third-order valence-electron chi connectivity index (χ3n) is 4.34. The summed E-state index contributed by atoms with van der Waals surface area (Å²) >= 11 is 1.51. The van der Waals surface area contributed by atoms with Gasteiger partial charge in [-0.2, -0.15) is 0 Å². The van der Waals surface area contributed by atoms with Gasteiger partial charge in [0.2, 0.25) is 0 Å². The maximum absolute atomic E-state index is 11.5. The fraction of sp³-hybridized carbons (Fsp3) is 0.227.